The molecule has 0 aromatic heterocycles. The molecule has 0 saturated carbocycles. The van der Waals surface area contributed by atoms with Crippen molar-refractivity contribution in [1.29, 1.82) is 0 Å². The van der Waals surface area contributed by atoms with E-state index >= 15 is 0 Å². The first-order valence-corrected chi connectivity index (χ1v) is 6.39. The van der Waals surface area contributed by atoms with Crippen LogP contribution in [0.2, 0.25) is 0 Å². The highest BCUT2D eigenvalue weighted by atomic mass is 19.4. The lowest BCUT2D eigenvalue weighted by atomic mass is 9.75. The number of hydrogen-bond donors (Lipinski definition) is 0. The topological polar surface area (TPSA) is 0 Å². The van der Waals surface area contributed by atoms with Crippen LogP contribution >= 0.6 is 0 Å². The van der Waals surface area contributed by atoms with Gasteiger partial charge in [0.25, 0.3) is 0 Å². The number of halogens is 6. The van der Waals surface area contributed by atoms with Crippen molar-refractivity contribution in [2.45, 2.75) is 65.7 Å². The average Bonchev–Trinajstić information content (AvgIpc) is 2.11. The first-order valence-electron chi connectivity index (χ1n) is 6.39. The van der Waals surface area contributed by atoms with Gasteiger partial charge in [-0.3, -0.25) is 0 Å². The Morgan fingerprint density at radius 2 is 1.16 bits per heavy atom. The van der Waals surface area contributed by atoms with Crippen molar-refractivity contribution in [3.8, 4) is 0 Å². The molecule has 0 fully saturated rings. The minimum absolute atomic E-state index is 0.241. The Kier molecular flexibility index (Phi) is 6.21. The Morgan fingerprint density at radius 3 is 1.42 bits per heavy atom. The number of alkyl halides is 6. The molecule has 0 rings (SSSR count). The summed E-state index contributed by atoms with van der Waals surface area (Å²) in [6, 6.07) is 0. The summed E-state index contributed by atoms with van der Waals surface area (Å²) in [7, 11) is 0. The fourth-order valence-corrected chi connectivity index (χ4v) is 2.25. The van der Waals surface area contributed by atoms with Crippen LogP contribution in [0.25, 0.3) is 0 Å². The monoisotopic (exact) mass is 292 g/mol. The highest BCUT2D eigenvalue weighted by Gasteiger charge is 2.41. The van der Waals surface area contributed by atoms with Crippen molar-refractivity contribution in [2.75, 3.05) is 0 Å². The van der Waals surface area contributed by atoms with Crippen molar-refractivity contribution in [2.24, 2.45) is 17.3 Å². The predicted octanol–water partition coefficient (Wildman–Crippen LogP) is 5.97. The number of rotatable bonds is 6. The molecule has 116 valence electrons. The third kappa shape index (κ3) is 9.16. The Balaban J connectivity index is 4.82. The van der Waals surface area contributed by atoms with Crippen molar-refractivity contribution >= 4 is 0 Å². The summed E-state index contributed by atoms with van der Waals surface area (Å²) >= 11 is 0. The third-order valence-corrected chi connectivity index (χ3v) is 3.62. The van der Waals surface area contributed by atoms with Crippen LogP contribution in [-0.4, -0.2) is 12.4 Å². The van der Waals surface area contributed by atoms with Crippen LogP contribution in [0.4, 0.5) is 26.3 Å². The fraction of sp³-hybridized carbons (Fsp3) is 1.00. The lowest BCUT2D eigenvalue weighted by Crippen LogP contribution is -2.29. The van der Waals surface area contributed by atoms with Crippen LogP contribution in [0.3, 0.4) is 0 Å². The van der Waals surface area contributed by atoms with E-state index in [1.165, 1.54) is 6.92 Å². The van der Waals surface area contributed by atoms with Gasteiger partial charge in [-0.1, -0.05) is 34.1 Å². The minimum atomic E-state index is -4.56. The van der Waals surface area contributed by atoms with Gasteiger partial charge in [-0.15, -0.1) is 0 Å². The summed E-state index contributed by atoms with van der Waals surface area (Å²) in [6.45, 7) is 7.10. The third-order valence-electron chi connectivity index (χ3n) is 3.62. The SMILES string of the molecule is CCC(C)(C)CC(C)C(CC(F)(F)F)CC(F)(F)F. The molecule has 0 amide bonds. The maximum atomic E-state index is 12.4. The second kappa shape index (κ2) is 6.35. The van der Waals surface area contributed by atoms with E-state index in [1.807, 2.05) is 20.8 Å². The lowest BCUT2D eigenvalue weighted by Gasteiger charge is -2.32. The van der Waals surface area contributed by atoms with Gasteiger partial charge >= 0.3 is 12.4 Å². The van der Waals surface area contributed by atoms with E-state index in [4.69, 9.17) is 0 Å². The molecule has 0 heterocycles. The Labute approximate surface area is 110 Å². The molecule has 0 aliphatic rings. The molecule has 0 aliphatic carbocycles. The first-order chi connectivity index (χ1) is 8.26. The summed E-state index contributed by atoms with van der Waals surface area (Å²) in [4.78, 5) is 0. The van der Waals surface area contributed by atoms with E-state index in [2.05, 4.69) is 0 Å². The molecular weight excluding hydrogens is 270 g/mol. The average molecular weight is 292 g/mol. The zero-order chi connectivity index (χ0) is 15.5. The molecule has 19 heavy (non-hydrogen) atoms. The first kappa shape index (κ1) is 18.6. The molecular formula is C13H22F6. The van der Waals surface area contributed by atoms with Crippen molar-refractivity contribution in [3.05, 3.63) is 0 Å². The molecule has 0 N–H and O–H groups in total. The molecule has 0 radical (unpaired) electrons. The van der Waals surface area contributed by atoms with Gasteiger partial charge < -0.3 is 0 Å². The largest absolute Gasteiger partial charge is 0.389 e. The summed E-state index contributed by atoms with van der Waals surface area (Å²) in [5, 5.41) is 0. The summed E-state index contributed by atoms with van der Waals surface area (Å²) in [5.41, 5.74) is -0.241. The van der Waals surface area contributed by atoms with E-state index < -0.39 is 37.0 Å². The minimum Gasteiger partial charge on any atom is -0.171 e. The molecule has 0 saturated heterocycles. The van der Waals surface area contributed by atoms with Gasteiger partial charge in [0.1, 0.15) is 0 Å². The molecule has 0 aromatic rings. The second-order valence-electron chi connectivity index (χ2n) is 6.10. The molecule has 6 heteroatoms. The Morgan fingerprint density at radius 1 is 0.789 bits per heavy atom. The molecule has 1 unspecified atom stereocenters. The maximum Gasteiger partial charge on any atom is 0.389 e. The Hall–Kier alpha value is -0.420. The summed E-state index contributed by atoms with van der Waals surface area (Å²) < 4.78 is 74.3. The van der Waals surface area contributed by atoms with Crippen molar-refractivity contribution in [1.82, 2.24) is 0 Å². The van der Waals surface area contributed by atoms with Gasteiger partial charge in [-0.2, -0.15) is 26.3 Å². The zero-order valence-electron chi connectivity index (χ0n) is 11.8. The smallest absolute Gasteiger partial charge is 0.171 e. The van der Waals surface area contributed by atoms with Gasteiger partial charge in [0, 0.05) is 12.8 Å². The van der Waals surface area contributed by atoms with Crippen molar-refractivity contribution in [3.63, 3.8) is 0 Å². The normalized spacial score (nSPS) is 15.9. The van der Waals surface area contributed by atoms with E-state index in [1.54, 1.807) is 0 Å². The highest BCUT2D eigenvalue weighted by molar-refractivity contribution is 4.78. The lowest BCUT2D eigenvalue weighted by molar-refractivity contribution is -0.179. The van der Waals surface area contributed by atoms with E-state index in [0.29, 0.717) is 6.42 Å². The second-order valence-corrected chi connectivity index (χ2v) is 6.10. The van der Waals surface area contributed by atoms with Crippen LogP contribution in [-0.2, 0) is 0 Å². The molecule has 0 aromatic carbocycles. The molecule has 1 atom stereocenters. The summed E-state index contributed by atoms with van der Waals surface area (Å²) in [5.74, 6) is -2.01. The van der Waals surface area contributed by atoms with E-state index in [-0.39, 0.29) is 5.41 Å². The van der Waals surface area contributed by atoms with Gasteiger partial charge in [-0.05, 0) is 23.7 Å². The van der Waals surface area contributed by atoms with Crippen LogP contribution in [0.5, 0.6) is 0 Å². The standard InChI is InChI=1S/C13H22F6/c1-5-11(3,4)6-9(2)10(7-12(14,15)16)8-13(17,18)19/h9-10H,5-8H2,1-4H3. The van der Waals surface area contributed by atoms with Gasteiger partial charge in [0.2, 0.25) is 0 Å². The zero-order valence-corrected chi connectivity index (χ0v) is 11.8. The van der Waals surface area contributed by atoms with Crippen LogP contribution in [0.15, 0.2) is 0 Å². The van der Waals surface area contributed by atoms with Crippen LogP contribution in [0, 0.1) is 17.3 Å². The van der Waals surface area contributed by atoms with E-state index in [9.17, 15) is 26.3 Å². The highest BCUT2D eigenvalue weighted by Crippen LogP contribution is 2.41. The molecule has 0 aliphatic heterocycles. The van der Waals surface area contributed by atoms with Gasteiger partial charge in [0.05, 0.1) is 0 Å². The molecule has 0 spiro atoms. The summed E-state index contributed by atoms with van der Waals surface area (Å²) in [6.07, 6.45) is -10.8. The van der Waals surface area contributed by atoms with Gasteiger partial charge in [0.15, 0.2) is 0 Å². The van der Waals surface area contributed by atoms with Crippen LogP contribution in [0.1, 0.15) is 53.4 Å². The Bertz CT molecular complexity index is 247. The molecule has 0 bridgehead atoms. The maximum absolute atomic E-state index is 12.4. The molecule has 0 nitrogen and oxygen atoms in total. The van der Waals surface area contributed by atoms with Crippen molar-refractivity contribution < 1.29 is 26.3 Å². The van der Waals surface area contributed by atoms with E-state index in [0.717, 1.165) is 6.42 Å². The van der Waals surface area contributed by atoms with Gasteiger partial charge in [-0.25, -0.2) is 0 Å². The number of hydrogen-bond acceptors (Lipinski definition) is 0. The predicted molar refractivity (Wildman–Crippen MR) is 62.7 cm³/mol. The quantitative estimate of drug-likeness (QED) is 0.529. The van der Waals surface area contributed by atoms with Crippen LogP contribution < -0.4 is 0 Å². The fourth-order valence-electron chi connectivity index (χ4n) is 2.25.